The van der Waals surface area contributed by atoms with Gasteiger partial charge in [-0.2, -0.15) is 13.2 Å². The van der Waals surface area contributed by atoms with Gasteiger partial charge in [-0.3, -0.25) is 9.59 Å². The number of alkyl halides is 3. The summed E-state index contributed by atoms with van der Waals surface area (Å²) in [5, 5.41) is 4.66. The molecule has 4 nitrogen and oxygen atoms in total. The molecule has 2 N–H and O–H groups in total. The van der Waals surface area contributed by atoms with Crippen LogP contribution in [0.4, 0.5) is 18.9 Å². The van der Waals surface area contributed by atoms with Crippen molar-refractivity contribution in [3.05, 3.63) is 29.8 Å². The Morgan fingerprint density at radius 3 is 2.39 bits per heavy atom. The van der Waals surface area contributed by atoms with Crippen molar-refractivity contribution in [2.75, 3.05) is 5.32 Å². The fourth-order valence-corrected chi connectivity index (χ4v) is 2.78. The van der Waals surface area contributed by atoms with E-state index in [4.69, 9.17) is 0 Å². The largest absolute Gasteiger partial charge is 0.418 e. The number of para-hydroxylation sites is 1. The Kier molecular flexibility index (Phi) is 5.28. The van der Waals surface area contributed by atoms with Crippen molar-refractivity contribution in [3.8, 4) is 0 Å². The topological polar surface area (TPSA) is 58.2 Å². The Labute approximate surface area is 132 Å². The van der Waals surface area contributed by atoms with E-state index in [9.17, 15) is 22.8 Å². The summed E-state index contributed by atoms with van der Waals surface area (Å²) >= 11 is 0. The maximum atomic E-state index is 12.9. The van der Waals surface area contributed by atoms with Crippen molar-refractivity contribution in [2.24, 2.45) is 5.92 Å². The Hall–Kier alpha value is -2.05. The minimum absolute atomic E-state index is 0.111. The van der Waals surface area contributed by atoms with Gasteiger partial charge in [0.25, 0.3) is 0 Å². The second kappa shape index (κ2) is 7.02. The third-order valence-electron chi connectivity index (χ3n) is 4.11. The van der Waals surface area contributed by atoms with E-state index in [1.165, 1.54) is 12.1 Å². The van der Waals surface area contributed by atoms with Crippen molar-refractivity contribution < 1.29 is 22.8 Å². The van der Waals surface area contributed by atoms with Gasteiger partial charge in [-0.15, -0.1) is 0 Å². The van der Waals surface area contributed by atoms with Crippen LogP contribution >= 0.6 is 0 Å². The van der Waals surface area contributed by atoms with Gasteiger partial charge in [0.15, 0.2) is 0 Å². The molecule has 0 aromatic heterocycles. The minimum atomic E-state index is -4.60. The third-order valence-corrected chi connectivity index (χ3v) is 4.11. The molecule has 0 bridgehead atoms. The fourth-order valence-electron chi connectivity index (χ4n) is 2.78. The number of rotatable bonds is 2. The molecule has 1 aliphatic carbocycles. The van der Waals surface area contributed by atoms with E-state index in [0.29, 0.717) is 0 Å². The van der Waals surface area contributed by atoms with E-state index in [2.05, 4.69) is 10.6 Å². The summed E-state index contributed by atoms with van der Waals surface area (Å²) in [6.45, 7) is 1.99. The third kappa shape index (κ3) is 4.46. The average Bonchev–Trinajstić information content (AvgIpc) is 2.49. The van der Waals surface area contributed by atoms with Crippen LogP contribution in [0.25, 0.3) is 0 Å². The van der Waals surface area contributed by atoms with E-state index < -0.39 is 29.2 Å². The van der Waals surface area contributed by atoms with Gasteiger partial charge in [-0.1, -0.05) is 31.9 Å². The summed E-state index contributed by atoms with van der Waals surface area (Å²) in [7, 11) is 0. The molecule has 1 fully saturated rings. The van der Waals surface area contributed by atoms with Gasteiger partial charge >= 0.3 is 18.0 Å². The lowest BCUT2D eigenvalue weighted by atomic mass is 9.86. The fraction of sp³-hybridized carbons (Fsp3) is 0.500. The molecule has 0 unspecified atom stereocenters. The summed E-state index contributed by atoms with van der Waals surface area (Å²) in [6, 6.07) is 4.46. The van der Waals surface area contributed by atoms with Crippen molar-refractivity contribution >= 4 is 17.5 Å². The average molecular weight is 328 g/mol. The second-order valence-corrected chi connectivity index (χ2v) is 5.84. The van der Waals surface area contributed by atoms with Crippen LogP contribution in [-0.4, -0.2) is 17.9 Å². The van der Waals surface area contributed by atoms with Crippen LogP contribution in [-0.2, 0) is 15.8 Å². The van der Waals surface area contributed by atoms with Crippen LogP contribution in [0.15, 0.2) is 24.3 Å². The second-order valence-electron chi connectivity index (χ2n) is 5.84. The molecular formula is C16H19F3N2O2. The monoisotopic (exact) mass is 328 g/mol. The molecule has 1 saturated carbocycles. The first-order chi connectivity index (χ1) is 10.8. The molecule has 0 heterocycles. The molecule has 0 saturated heterocycles. The zero-order chi connectivity index (χ0) is 17.0. The molecule has 2 atom stereocenters. The highest BCUT2D eigenvalue weighted by atomic mass is 19.4. The molecule has 1 aromatic rings. The van der Waals surface area contributed by atoms with Crippen molar-refractivity contribution in [3.63, 3.8) is 0 Å². The highest BCUT2D eigenvalue weighted by molar-refractivity contribution is 6.39. The summed E-state index contributed by atoms with van der Waals surface area (Å²) < 4.78 is 38.6. The van der Waals surface area contributed by atoms with Gasteiger partial charge in [-0.05, 0) is 30.9 Å². The predicted molar refractivity (Wildman–Crippen MR) is 79.6 cm³/mol. The van der Waals surface area contributed by atoms with Crippen LogP contribution in [0, 0.1) is 5.92 Å². The number of nitrogens with one attached hydrogen (secondary N) is 2. The number of hydrogen-bond acceptors (Lipinski definition) is 2. The minimum Gasteiger partial charge on any atom is -0.345 e. The molecule has 2 amide bonds. The quantitative estimate of drug-likeness (QED) is 0.818. The molecule has 0 spiro atoms. The van der Waals surface area contributed by atoms with Crippen LogP contribution in [0.2, 0.25) is 0 Å². The zero-order valence-corrected chi connectivity index (χ0v) is 12.7. The Balaban J connectivity index is 2.03. The lowest BCUT2D eigenvalue weighted by molar-refractivity contribution is -0.138. The first-order valence-electron chi connectivity index (χ1n) is 7.57. The Morgan fingerprint density at radius 1 is 1.09 bits per heavy atom. The highest BCUT2D eigenvalue weighted by Crippen LogP contribution is 2.34. The zero-order valence-electron chi connectivity index (χ0n) is 12.7. The summed E-state index contributed by atoms with van der Waals surface area (Å²) in [5.41, 5.74) is -1.40. The molecule has 0 aliphatic heterocycles. The lowest BCUT2D eigenvalue weighted by Crippen LogP contribution is -2.45. The first-order valence-corrected chi connectivity index (χ1v) is 7.57. The smallest absolute Gasteiger partial charge is 0.345 e. The summed E-state index contributed by atoms with van der Waals surface area (Å²) in [4.78, 5) is 23.8. The van der Waals surface area contributed by atoms with Gasteiger partial charge in [-0.25, -0.2) is 0 Å². The number of amides is 2. The lowest BCUT2D eigenvalue weighted by Gasteiger charge is -2.29. The molecule has 23 heavy (non-hydrogen) atoms. The highest BCUT2D eigenvalue weighted by Gasteiger charge is 2.34. The number of benzene rings is 1. The van der Waals surface area contributed by atoms with Gasteiger partial charge < -0.3 is 10.6 Å². The summed E-state index contributed by atoms with van der Waals surface area (Å²) in [6.07, 6.45) is -0.812. The maximum absolute atomic E-state index is 12.9. The summed E-state index contributed by atoms with van der Waals surface area (Å²) in [5.74, 6) is -1.73. The standard InChI is InChI=1S/C16H19F3N2O2/c1-10-6-2-4-8-12(10)20-14(22)15(23)21-13-9-5-3-7-11(13)16(17,18)19/h3,5,7,9-10,12H,2,4,6,8H2,1H3,(H,20,22)(H,21,23)/t10-,12+/m1/s1. The van der Waals surface area contributed by atoms with E-state index in [1.807, 2.05) is 6.92 Å². The maximum Gasteiger partial charge on any atom is 0.418 e. The van der Waals surface area contributed by atoms with E-state index in [-0.39, 0.29) is 12.0 Å². The van der Waals surface area contributed by atoms with Crippen LogP contribution < -0.4 is 10.6 Å². The van der Waals surface area contributed by atoms with Crippen molar-refractivity contribution in [1.82, 2.24) is 5.32 Å². The van der Waals surface area contributed by atoms with Gasteiger partial charge in [0.05, 0.1) is 11.3 Å². The van der Waals surface area contributed by atoms with Crippen molar-refractivity contribution in [2.45, 2.75) is 44.8 Å². The molecule has 7 heteroatoms. The molecule has 126 valence electrons. The van der Waals surface area contributed by atoms with E-state index in [1.54, 1.807) is 0 Å². The number of carbonyl (C=O) groups is 2. The van der Waals surface area contributed by atoms with Crippen LogP contribution in [0.5, 0.6) is 0 Å². The molecule has 2 rings (SSSR count). The van der Waals surface area contributed by atoms with Crippen LogP contribution in [0.1, 0.15) is 38.2 Å². The molecule has 0 radical (unpaired) electrons. The van der Waals surface area contributed by atoms with Gasteiger partial charge in [0.2, 0.25) is 0 Å². The molecule has 1 aromatic carbocycles. The Morgan fingerprint density at radius 2 is 1.74 bits per heavy atom. The number of anilines is 1. The Bertz CT molecular complexity index is 587. The number of hydrogen-bond donors (Lipinski definition) is 2. The number of halogens is 3. The van der Waals surface area contributed by atoms with Crippen molar-refractivity contribution in [1.29, 1.82) is 0 Å². The normalized spacial score (nSPS) is 21.6. The molecule has 1 aliphatic rings. The van der Waals surface area contributed by atoms with Gasteiger partial charge in [0, 0.05) is 6.04 Å². The number of carbonyl (C=O) groups excluding carboxylic acids is 2. The van der Waals surface area contributed by atoms with Crippen LogP contribution in [0.3, 0.4) is 0 Å². The SMILES string of the molecule is C[C@@H]1CCCC[C@@H]1NC(=O)C(=O)Nc1ccccc1C(F)(F)F. The van der Waals surface area contributed by atoms with E-state index >= 15 is 0 Å². The first kappa shape index (κ1) is 17.3. The van der Waals surface area contributed by atoms with E-state index in [0.717, 1.165) is 37.8 Å². The molecular weight excluding hydrogens is 309 g/mol. The predicted octanol–water partition coefficient (Wildman–Crippen LogP) is 3.34. The van der Waals surface area contributed by atoms with Gasteiger partial charge in [0.1, 0.15) is 0 Å².